The first-order valence-electron chi connectivity index (χ1n) is 13.9. The molecule has 0 unspecified atom stereocenters. The average molecular weight is 604 g/mol. The normalized spacial score (nSPS) is 16.8. The zero-order valence-corrected chi connectivity index (χ0v) is 24.4. The van der Waals surface area contributed by atoms with Crippen LogP contribution >= 0.6 is 0 Å². The van der Waals surface area contributed by atoms with Crippen molar-refractivity contribution < 1.29 is 31.1 Å². The maximum atomic E-state index is 13.3. The number of ether oxygens (including phenoxy) is 1. The SMILES string of the molecule is COCCN[C@H](C)c1ccc2c(c1)CCC[C@H]2NC(=O)C[C@@H](NS(=O)(=O)c1cccc(C(F)(F)F)c1)c1ccccc1. The summed E-state index contributed by atoms with van der Waals surface area (Å²) < 4.78 is 73.6. The summed E-state index contributed by atoms with van der Waals surface area (Å²) in [6.45, 7) is 3.43. The van der Waals surface area contributed by atoms with Crippen molar-refractivity contribution in [1.82, 2.24) is 15.4 Å². The van der Waals surface area contributed by atoms with Gasteiger partial charge in [-0.3, -0.25) is 4.79 Å². The molecule has 0 spiro atoms. The molecule has 1 aliphatic carbocycles. The third kappa shape index (κ3) is 8.19. The number of halogens is 3. The second-order valence-corrected chi connectivity index (χ2v) is 12.2. The first kappa shape index (κ1) is 31.7. The molecule has 0 aromatic heterocycles. The highest BCUT2D eigenvalue weighted by atomic mass is 32.2. The van der Waals surface area contributed by atoms with Crippen LogP contribution in [-0.2, 0) is 32.2 Å². The largest absolute Gasteiger partial charge is 0.416 e. The molecule has 0 saturated carbocycles. The van der Waals surface area contributed by atoms with E-state index in [1.807, 2.05) is 12.1 Å². The molecule has 7 nitrogen and oxygen atoms in total. The first-order chi connectivity index (χ1) is 20.0. The summed E-state index contributed by atoms with van der Waals surface area (Å²) in [5.41, 5.74) is 2.79. The zero-order chi connectivity index (χ0) is 30.3. The molecule has 1 amide bonds. The molecule has 3 N–H and O–H groups in total. The lowest BCUT2D eigenvalue weighted by Gasteiger charge is -2.28. The number of methoxy groups -OCH3 is 1. The van der Waals surface area contributed by atoms with Gasteiger partial charge in [-0.2, -0.15) is 13.2 Å². The molecule has 0 saturated heterocycles. The first-order valence-corrected chi connectivity index (χ1v) is 15.3. The number of hydrogen-bond acceptors (Lipinski definition) is 5. The molecule has 3 aromatic rings. The smallest absolute Gasteiger partial charge is 0.383 e. The minimum absolute atomic E-state index is 0.136. The summed E-state index contributed by atoms with van der Waals surface area (Å²) in [6.07, 6.45) is -2.40. The Morgan fingerprint density at radius 1 is 1.02 bits per heavy atom. The lowest BCUT2D eigenvalue weighted by atomic mass is 9.85. The molecular formula is C31H36F3N3O4S. The molecule has 11 heteroatoms. The Hall–Kier alpha value is -3.25. The number of benzene rings is 3. The van der Waals surface area contributed by atoms with Crippen molar-refractivity contribution >= 4 is 15.9 Å². The molecular weight excluding hydrogens is 567 g/mol. The Balaban J connectivity index is 1.50. The van der Waals surface area contributed by atoms with Crippen LogP contribution in [-0.4, -0.2) is 34.6 Å². The molecule has 0 aliphatic heterocycles. The van der Waals surface area contributed by atoms with Gasteiger partial charge in [-0.25, -0.2) is 13.1 Å². The van der Waals surface area contributed by atoms with Gasteiger partial charge in [0.2, 0.25) is 15.9 Å². The molecule has 1 aliphatic rings. The van der Waals surface area contributed by atoms with Crippen LogP contribution in [0.4, 0.5) is 13.2 Å². The summed E-state index contributed by atoms with van der Waals surface area (Å²) in [5.74, 6) is -0.368. The van der Waals surface area contributed by atoms with E-state index in [9.17, 15) is 26.4 Å². The minimum Gasteiger partial charge on any atom is -0.383 e. The Morgan fingerprint density at radius 3 is 2.50 bits per heavy atom. The highest BCUT2D eigenvalue weighted by Gasteiger charge is 2.33. The van der Waals surface area contributed by atoms with Crippen LogP contribution in [0, 0.1) is 0 Å². The highest BCUT2D eigenvalue weighted by Crippen LogP contribution is 2.33. The average Bonchev–Trinajstić information content (AvgIpc) is 2.97. The van der Waals surface area contributed by atoms with E-state index in [-0.39, 0.29) is 24.4 Å². The summed E-state index contributed by atoms with van der Waals surface area (Å²) in [4.78, 5) is 12.8. The Labute approximate surface area is 244 Å². The van der Waals surface area contributed by atoms with Gasteiger partial charge in [0.25, 0.3) is 0 Å². The predicted octanol–water partition coefficient (Wildman–Crippen LogP) is 5.61. The van der Waals surface area contributed by atoms with Crippen molar-refractivity contribution in [2.45, 2.75) is 61.8 Å². The molecule has 42 heavy (non-hydrogen) atoms. The number of hydrogen-bond donors (Lipinski definition) is 3. The van der Waals surface area contributed by atoms with Gasteiger partial charge in [-0.1, -0.05) is 54.6 Å². The van der Waals surface area contributed by atoms with E-state index in [4.69, 9.17) is 4.74 Å². The van der Waals surface area contributed by atoms with E-state index >= 15 is 0 Å². The Bertz CT molecular complexity index is 1470. The van der Waals surface area contributed by atoms with E-state index < -0.39 is 32.7 Å². The van der Waals surface area contributed by atoms with Crippen molar-refractivity contribution in [1.29, 1.82) is 0 Å². The van der Waals surface area contributed by atoms with Crippen LogP contribution in [0.25, 0.3) is 0 Å². The van der Waals surface area contributed by atoms with Crippen LogP contribution in [0.3, 0.4) is 0 Å². The summed E-state index contributed by atoms with van der Waals surface area (Å²) in [6, 6.07) is 17.2. The predicted molar refractivity (Wildman–Crippen MR) is 154 cm³/mol. The third-order valence-electron chi connectivity index (χ3n) is 7.43. The number of aryl methyl sites for hydroxylation is 1. The van der Waals surface area contributed by atoms with Crippen LogP contribution in [0.5, 0.6) is 0 Å². The van der Waals surface area contributed by atoms with E-state index in [0.29, 0.717) is 18.2 Å². The van der Waals surface area contributed by atoms with Crippen molar-refractivity contribution in [3.05, 3.63) is 101 Å². The Kier molecular flexibility index (Phi) is 10.4. The number of carbonyl (C=O) groups excluding carboxylic acids is 1. The lowest BCUT2D eigenvalue weighted by molar-refractivity contribution is -0.137. The fourth-order valence-electron chi connectivity index (χ4n) is 5.20. The number of nitrogens with one attached hydrogen (secondary N) is 3. The molecule has 0 heterocycles. The van der Waals surface area contributed by atoms with Crippen molar-refractivity contribution in [2.75, 3.05) is 20.3 Å². The van der Waals surface area contributed by atoms with Gasteiger partial charge < -0.3 is 15.4 Å². The van der Waals surface area contributed by atoms with E-state index in [1.165, 1.54) is 0 Å². The van der Waals surface area contributed by atoms with Crippen molar-refractivity contribution in [3.63, 3.8) is 0 Å². The van der Waals surface area contributed by atoms with Gasteiger partial charge in [-0.15, -0.1) is 0 Å². The fourth-order valence-corrected chi connectivity index (χ4v) is 6.47. The quantitative estimate of drug-likeness (QED) is 0.234. The fraction of sp³-hybridized carbons (Fsp3) is 0.387. The van der Waals surface area contributed by atoms with E-state index in [1.54, 1.807) is 37.4 Å². The van der Waals surface area contributed by atoms with Crippen LogP contribution in [0.1, 0.15) is 72.1 Å². The van der Waals surface area contributed by atoms with E-state index in [2.05, 4.69) is 28.3 Å². The molecule has 3 aromatic carbocycles. The number of rotatable bonds is 12. The molecule has 3 atom stereocenters. The maximum Gasteiger partial charge on any atom is 0.416 e. The molecule has 0 radical (unpaired) electrons. The summed E-state index contributed by atoms with van der Waals surface area (Å²) >= 11 is 0. The number of fused-ring (bicyclic) bond motifs is 1. The van der Waals surface area contributed by atoms with Gasteiger partial charge in [0.05, 0.1) is 29.1 Å². The van der Waals surface area contributed by atoms with Crippen LogP contribution < -0.4 is 15.4 Å². The van der Waals surface area contributed by atoms with Gasteiger partial charge in [0.15, 0.2) is 0 Å². The van der Waals surface area contributed by atoms with Crippen molar-refractivity contribution in [2.24, 2.45) is 0 Å². The topological polar surface area (TPSA) is 96.5 Å². The lowest BCUT2D eigenvalue weighted by Crippen LogP contribution is -2.36. The van der Waals surface area contributed by atoms with Gasteiger partial charge in [0, 0.05) is 26.1 Å². The monoisotopic (exact) mass is 603 g/mol. The summed E-state index contributed by atoms with van der Waals surface area (Å²) in [5, 5.41) is 6.49. The van der Waals surface area contributed by atoms with Gasteiger partial charge in [-0.05, 0) is 66.6 Å². The number of sulfonamides is 1. The van der Waals surface area contributed by atoms with Crippen molar-refractivity contribution in [3.8, 4) is 0 Å². The number of alkyl halides is 3. The maximum absolute atomic E-state index is 13.3. The minimum atomic E-state index is -4.69. The molecule has 0 bridgehead atoms. The molecule has 226 valence electrons. The molecule has 4 rings (SSSR count). The zero-order valence-electron chi connectivity index (χ0n) is 23.6. The van der Waals surface area contributed by atoms with E-state index in [0.717, 1.165) is 60.7 Å². The third-order valence-corrected chi connectivity index (χ3v) is 8.90. The van der Waals surface area contributed by atoms with Gasteiger partial charge in [0.1, 0.15) is 0 Å². The Morgan fingerprint density at radius 2 is 1.79 bits per heavy atom. The van der Waals surface area contributed by atoms with Gasteiger partial charge >= 0.3 is 6.18 Å². The summed E-state index contributed by atoms with van der Waals surface area (Å²) in [7, 11) is -2.72. The molecule has 0 fully saturated rings. The van der Waals surface area contributed by atoms with Crippen LogP contribution in [0.2, 0.25) is 0 Å². The van der Waals surface area contributed by atoms with Crippen LogP contribution in [0.15, 0.2) is 77.7 Å². The standard InChI is InChI=1S/C31H36F3N3O4S/c1-21(35-16-17-41-2)23-14-15-27-24(18-23)10-6-13-28(27)36-30(38)20-29(22-8-4-3-5-9-22)37-42(39,40)26-12-7-11-25(19-26)31(32,33)34/h3-5,7-9,11-12,14-15,18-19,21,28-29,35,37H,6,10,13,16-17,20H2,1-2H3,(H,36,38)/t21-,28-,29-/m1/s1. The second kappa shape index (κ2) is 13.8. The number of carbonyl (C=O) groups is 1. The highest BCUT2D eigenvalue weighted by molar-refractivity contribution is 7.89. The second-order valence-electron chi connectivity index (χ2n) is 10.5. The number of amides is 1.